The number of aromatic nitrogens is 1. The second kappa shape index (κ2) is 3.93. The lowest BCUT2D eigenvalue weighted by Gasteiger charge is -1.97. The van der Waals surface area contributed by atoms with Crippen molar-refractivity contribution in [1.82, 2.24) is 4.98 Å². The summed E-state index contributed by atoms with van der Waals surface area (Å²) in [6.07, 6.45) is 2.99. The first-order valence-electron chi connectivity index (χ1n) is 4.81. The smallest absolute Gasteiger partial charge is 0.0379 e. The molecular weight excluding hydrogens is 190 g/mol. The molecule has 2 heterocycles. The molecule has 0 spiro atoms. The highest BCUT2D eigenvalue weighted by Gasteiger charge is 2.01. The summed E-state index contributed by atoms with van der Waals surface area (Å²) >= 11 is 1.87. The van der Waals surface area contributed by atoms with Crippen LogP contribution in [-0.4, -0.2) is 4.98 Å². The average molecular weight is 203 g/mol. The fraction of sp³-hybridized carbons (Fsp3) is 0.250. The Hall–Kier alpha value is -1.15. The monoisotopic (exact) mass is 203 g/mol. The number of hydrogen-bond acceptors (Lipinski definition) is 2. The van der Waals surface area contributed by atoms with Crippen molar-refractivity contribution in [3.63, 3.8) is 0 Å². The standard InChI is InChI=1S/C12H13NS/c1-3-11-4-5-12(14-11)10-6-7-13-9(2)8-10/h4-8H,3H2,1-2H3. The van der Waals surface area contributed by atoms with Gasteiger partial charge in [-0.25, -0.2) is 0 Å². The van der Waals surface area contributed by atoms with Gasteiger partial charge in [0.2, 0.25) is 0 Å². The molecule has 0 aromatic carbocycles. The van der Waals surface area contributed by atoms with Crippen molar-refractivity contribution in [2.24, 2.45) is 0 Å². The van der Waals surface area contributed by atoms with E-state index in [0.717, 1.165) is 12.1 Å². The van der Waals surface area contributed by atoms with Crippen LogP contribution in [0.1, 0.15) is 17.5 Å². The first-order valence-corrected chi connectivity index (χ1v) is 5.63. The molecule has 0 aliphatic rings. The molecule has 72 valence electrons. The Morgan fingerprint density at radius 3 is 2.79 bits per heavy atom. The Balaban J connectivity index is 2.39. The van der Waals surface area contributed by atoms with E-state index in [1.165, 1.54) is 15.3 Å². The van der Waals surface area contributed by atoms with Gasteiger partial charge in [-0.1, -0.05) is 6.92 Å². The van der Waals surface area contributed by atoms with E-state index in [2.05, 4.69) is 36.2 Å². The van der Waals surface area contributed by atoms with Crippen LogP contribution in [0.5, 0.6) is 0 Å². The van der Waals surface area contributed by atoms with Crippen LogP contribution in [0.15, 0.2) is 30.5 Å². The largest absolute Gasteiger partial charge is 0.262 e. The highest BCUT2D eigenvalue weighted by molar-refractivity contribution is 7.15. The van der Waals surface area contributed by atoms with Crippen LogP contribution in [0.3, 0.4) is 0 Å². The third-order valence-corrected chi connectivity index (χ3v) is 3.47. The molecule has 2 aromatic rings. The summed E-state index contributed by atoms with van der Waals surface area (Å²) in [5, 5.41) is 0. The van der Waals surface area contributed by atoms with Gasteiger partial charge in [0, 0.05) is 21.6 Å². The van der Waals surface area contributed by atoms with Crippen LogP contribution in [-0.2, 0) is 6.42 Å². The number of nitrogens with zero attached hydrogens (tertiary/aromatic N) is 1. The van der Waals surface area contributed by atoms with E-state index in [0.29, 0.717) is 0 Å². The summed E-state index contributed by atoms with van der Waals surface area (Å²) in [4.78, 5) is 6.98. The van der Waals surface area contributed by atoms with Gasteiger partial charge in [-0.15, -0.1) is 11.3 Å². The summed E-state index contributed by atoms with van der Waals surface area (Å²) in [7, 11) is 0. The molecule has 14 heavy (non-hydrogen) atoms. The van der Waals surface area contributed by atoms with Gasteiger partial charge in [0.1, 0.15) is 0 Å². The predicted octanol–water partition coefficient (Wildman–Crippen LogP) is 3.68. The van der Waals surface area contributed by atoms with Crippen LogP contribution in [0, 0.1) is 6.92 Å². The van der Waals surface area contributed by atoms with E-state index >= 15 is 0 Å². The van der Waals surface area contributed by atoms with Crippen LogP contribution < -0.4 is 0 Å². The van der Waals surface area contributed by atoms with Crippen molar-refractivity contribution in [2.45, 2.75) is 20.3 Å². The SMILES string of the molecule is CCc1ccc(-c2ccnc(C)c2)s1. The van der Waals surface area contributed by atoms with Crippen LogP contribution in [0.25, 0.3) is 10.4 Å². The summed E-state index contributed by atoms with van der Waals surface area (Å²) in [6, 6.07) is 8.59. The highest BCUT2D eigenvalue weighted by atomic mass is 32.1. The predicted molar refractivity (Wildman–Crippen MR) is 61.7 cm³/mol. The van der Waals surface area contributed by atoms with Crippen molar-refractivity contribution in [3.8, 4) is 10.4 Å². The van der Waals surface area contributed by atoms with Crippen molar-refractivity contribution in [1.29, 1.82) is 0 Å². The molecule has 0 aliphatic heterocycles. The maximum Gasteiger partial charge on any atom is 0.0379 e. The Morgan fingerprint density at radius 2 is 2.14 bits per heavy atom. The van der Waals surface area contributed by atoms with Crippen LogP contribution in [0.4, 0.5) is 0 Å². The van der Waals surface area contributed by atoms with Crippen LogP contribution >= 0.6 is 11.3 Å². The minimum Gasteiger partial charge on any atom is -0.262 e. The second-order valence-corrected chi connectivity index (χ2v) is 4.47. The van der Waals surface area contributed by atoms with Crippen molar-refractivity contribution >= 4 is 11.3 Å². The number of rotatable bonds is 2. The van der Waals surface area contributed by atoms with Crippen molar-refractivity contribution < 1.29 is 0 Å². The summed E-state index contributed by atoms with van der Waals surface area (Å²) in [6.45, 7) is 4.21. The molecule has 2 aromatic heterocycles. The van der Waals surface area contributed by atoms with Gasteiger partial charge in [-0.05, 0) is 43.2 Å². The van der Waals surface area contributed by atoms with Gasteiger partial charge in [0.15, 0.2) is 0 Å². The minimum atomic E-state index is 1.08. The van der Waals surface area contributed by atoms with E-state index in [4.69, 9.17) is 0 Å². The topological polar surface area (TPSA) is 12.9 Å². The quantitative estimate of drug-likeness (QED) is 0.725. The molecule has 0 N–H and O–H groups in total. The molecule has 0 unspecified atom stereocenters. The Morgan fingerprint density at radius 1 is 1.29 bits per heavy atom. The van der Waals surface area contributed by atoms with Gasteiger partial charge in [0.25, 0.3) is 0 Å². The fourth-order valence-electron chi connectivity index (χ4n) is 1.42. The summed E-state index contributed by atoms with van der Waals surface area (Å²) in [5.74, 6) is 0. The minimum absolute atomic E-state index is 1.08. The highest BCUT2D eigenvalue weighted by Crippen LogP contribution is 2.28. The summed E-state index contributed by atoms with van der Waals surface area (Å²) in [5.41, 5.74) is 2.36. The first kappa shape index (κ1) is 9.41. The molecule has 0 atom stereocenters. The normalized spacial score (nSPS) is 10.4. The molecule has 2 heteroatoms. The van der Waals surface area contributed by atoms with Gasteiger partial charge in [0.05, 0.1) is 0 Å². The maximum atomic E-state index is 4.20. The Labute approximate surface area is 88.4 Å². The molecule has 0 amide bonds. The lowest BCUT2D eigenvalue weighted by Crippen LogP contribution is -1.79. The van der Waals surface area contributed by atoms with Gasteiger partial charge in [-0.3, -0.25) is 4.98 Å². The number of pyridine rings is 1. The lowest BCUT2D eigenvalue weighted by molar-refractivity contribution is 1.19. The molecule has 2 rings (SSSR count). The fourth-order valence-corrected chi connectivity index (χ4v) is 2.37. The third kappa shape index (κ3) is 1.85. The number of aryl methyl sites for hydroxylation is 2. The zero-order chi connectivity index (χ0) is 9.97. The van der Waals surface area contributed by atoms with E-state index in [1.807, 2.05) is 24.5 Å². The van der Waals surface area contributed by atoms with E-state index < -0.39 is 0 Å². The first-order chi connectivity index (χ1) is 6.79. The molecule has 0 radical (unpaired) electrons. The van der Waals surface area contributed by atoms with E-state index in [1.54, 1.807) is 0 Å². The van der Waals surface area contributed by atoms with Gasteiger partial charge in [-0.2, -0.15) is 0 Å². The zero-order valence-corrected chi connectivity index (χ0v) is 9.27. The van der Waals surface area contributed by atoms with Crippen molar-refractivity contribution in [3.05, 3.63) is 41.0 Å². The zero-order valence-electron chi connectivity index (χ0n) is 8.45. The number of thiophene rings is 1. The molecule has 0 aliphatic carbocycles. The molecule has 1 nitrogen and oxygen atoms in total. The lowest BCUT2D eigenvalue weighted by atomic mass is 10.2. The summed E-state index contributed by atoms with van der Waals surface area (Å²) < 4.78 is 0. The Bertz CT molecular complexity index is 431. The Kier molecular flexibility index (Phi) is 2.64. The average Bonchev–Trinajstić information content (AvgIpc) is 2.66. The molecular formula is C12H13NS. The van der Waals surface area contributed by atoms with E-state index in [-0.39, 0.29) is 0 Å². The van der Waals surface area contributed by atoms with E-state index in [9.17, 15) is 0 Å². The molecule has 0 saturated heterocycles. The second-order valence-electron chi connectivity index (χ2n) is 3.31. The molecule has 0 bridgehead atoms. The number of hydrogen-bond donors (Lipinski definition) is 0. The molecule has 0 fully saturated rings. The van der Waals surface area contributed by atoms with Crippen LogP contribution in [0.2, 0.25) is 0 Å². The van der Waals surface area contributed by atoms with Gasteiger partial charge >= 0.3 is 0 Å². The molecule has 0 saturated carbocycles. The maximum absolute atomic E-state index is 4.20. The van der Waals surface area contributed by atoms with Gasteiger partial charge < -0.3 is 0 Å². The van der Waals surface area contributed by atoms with Crippen molar-refractivity contribution in [2.75, 3.05) is 0 Å². The third-order valence-electron chi connectivity index (χ3n) is 2.19.